The van der Waals surface area contributed by atoms with E-state index in [4.69, 9.17) is 14.2 Å². The average Bonchev–Trinajstić information content (AvgIpc) is 3.33. The van der Waals surface area contributed by atoms with Crippen LogP contribution in [0.3, 0.4) is 0 Å². The van der Waals surface area contributed by atoms with Crippen LogP contribution in [-0.4, -0.2) is 87.2 Å². The summed E-state index contributed by atoms with van der Waals surface area (Å²) in [5, 5.41) is 12.6. The predicted octanol–water partition coefficient (Wildman–Crippen LogP) is 2.17. The number of carbonyl (C=O) groups excluding carboxylic acids is 2. The molecule has 2 aliphatic rings. The standard InChI is InChI=1S/C25H32N4O8S/c1-15-11-29(16(2)13-30)24(31)19-9-18(27-38(4,33)34)6-7-20(19)37-23(15)12-28(3)25(32)26-17-5-8-21-22(10-17)36-14-35-21/h5-10,15-16,23,27,30H,11-14H2,1-4H3,(H,26,32)/t15-,16+,23+/m0/s1. The highest BCUT2D eigenvalue weighted by atomic mass is 32.2. The van der Waals surface area contributed by atoms with Crippen molar-refractivity contribution in [3.8, 4) is 17.2 Å². The van der Waals surface area contributed by atoms with E-state index < -0.39 is 28.1 Å². The number of carbonyl (C=O) groups is 2. The van der Waals surface area contributed by atoms with Gasteiger partial charge in [-0.05, 0) is 37.3 Å². The van der Waals surface area contributed by atoms with Crippen molar-refractivity contribution < 1.29 is 37.3 Å². The molecular weight excluding hydrogens is 516 g/mol. The minimum Gasteiger partial charge on any atom is -0.487 e. The van der Waals surface area contributed by atoms with Gasteiger partial charge in [0.2, 0.25) is 16.8 Å². The SMILES string of the molecule is C[C@H](CO)N1C[C@H](C)[C@@H](CN(C)C(=O)Nc2ccc3c(c2)OCO3)Oc2ccc(NS(C)(=O)=O)cc2C1=O. The first-order valence-corrected chi connectivity index (χ1v) is 14.0. The molecule has 0 radical (unpaired) electrons. The van der Waals surface area contributed by atoms with Gasteiger partial charge >= 0.3 is 6.03 Å². The third-order valence-electron chi connectivity index (χ3n) is 6.39. The van der Waals surface area contributed by atoms with E-state index in [2.05, 4.69) is 10.0 Å². The van der Waals surface area contributed by atoms with Crippen LogP contribution >= 0.6 is 0 Å². The number of hydrogen-bond donors (Lipinski definition) is 3. The molecule has 0 aromatic heterocycles. The van der Waals surface area contributed by atoms with Crippen molar-refractivity contribution in [3.63, 3.8) is 0 Å². The van der Waals surface area contributed by atoms with Gasteiger partial charge in [0.05, 0.1) is 31.0 Å². The number of likely N-dealkylation sites (N-methyl/N-ethyl adjacent to an activating group) is 1. The fraction of sp³-hybridized carbons (Fsp3) is 0.440. The van der Waals surface area contributed by atoms with E-state index in [1.807, 2.05) is 6.92 Å². The Balaban J connectivity index is 1.56. The van der Waals surface area contributed by atoms with Gasteiger partial charge in [-0.1, -0.05) is 6.92 Å². The molecule has 3 atom stereocenters. The number of sulfonamides is 1. The van der Waals surface area contributed by atoms with Gasteiger partial charge in [0.1, 0.15) is 11.9 Å². The van der Waals surface area contributed by atoms with E-state index in [-0.39, 0.29) is 55.4 Å². The molecule has 0 spiro atoms. The first-order valence-electron chi connectivity index (χ1n) is 12.1. The molecule has 0 bridgehead atoms. The van der Waals surface area contributed by atoms with Crippen LogP contribution in [0.25, 0.3) is 0 Å². The molecule has 2 aromatic rings. The molecule has 2 aromatic carbocycles. The molecule has 4 rings (SSSR count). The van der Waals surface area contributed by atoms with Crippen LogP contribution in [0.2, 0.25) is 0 Å². The molecule has 12 nitrogen and oxygen atoms in total. The fourth-order valence-corrected chi connectivity index (χ4v) is 4.82. The van der Waals surface area contributed by atoms with Crippen molar-refractivity contribution >= 4 is 33.3 Å². The zero-order valence-electron chi connectivity index (χ0n) is 21.6. The number of rotatable bonds is 7. The largest absolute Gasteiger partial charge is 0.487 e. The van der Waals surface area contributed by atoms with Crippen LogP contribution in [-0.2, 0) is 10.0 Å². The van der Waals surface area contributed by atoms with E-state index in [0.29, 0.717) is 17.2 Å². The lowest BCUT2D eigenvalue weighted by Crippen LogP contribution is -2.50. The number of urea groups is 1. The van der Waals surface area contributed by atoms with Gasteiger partial charge in [0.15, 0.2) is 11.5 Å². The summed E-state index contributed by atoms with van der Waals surface area (Å²) in [7, 11) is -1.93. The number of nitrogens with zero attached hydrogens (tertiary/aromatic N) is 2. The van der Waals surface area contributed by atoms with Gasteiger partial charge in [0.25, 0.3) is 5.91 Å². The molecule has 0 saturated heterocycles. The number of anilines is 2. The highest BCUT2D eigenvalue weighted by Gasteiger charge is 2.34. The zero-order valence-corrected chi connectivity index (χ0v) is 22.4. The van der Waals surface area contributed by atoms with E-state index >= 15 is 0 Å². The van der Waals surface area contributed by atoms with Crippen LogP contribution in [0.5, 0.6) is 17.2 Å². The molecule has 13 heteroatoms. The lowest BCUT2D eigenvalue weighted by Gasteiger charge is -2.38. The van der Waals surface area contributed by atoms with E-state index in [1.54, 1.807) is 32.2 Å². The topological polar surface area (TPSA) is 147 Å². The molecule has 0 aliphatic carbocycles. The van der Waals surface area contributed by atoms with Crippen LogP contribution in [0.4, 0.5) is 16.2 Å². The molecule has 0 unspecified atom stereocenters. The number of fused-ring (bicyclic) bond motifs is 2. The van der Waals surface area contributed by atoms with Crippen molar-refractivity contribution in [2.75, 3.05) is 49.8 Å². The minimum absolute atomic E-state index is 0.130. The van der Waals surface area contributed by atoms with E-state index in [1.165, 1.54) is 28.0 Å². The summed E-state index contributed by atoms with van der Waals surface area (Å²) in [5.74, 6) is 0.809. The minimum atomic E-state index is -3.57. The van der Waals surface area contributed by atoms with Gasteiger partial charge in [-0.2, -0.15) is 0 Å². The van der Waals surface area contributed by atoms with Crippen molar-refractivity contribution in [1.29, 1.82) is 0 Å². The Labute approximate surface area is 221 Å². The number of benzene rings is 2. The molecule has 0 fully saturated rings. The Morgan fingerprint density at radius 1 is 1.16 bits per heavy atom. The summed E-state index contributed by atoms with van der Waals surface area (Å²) >= 11 is 0. The number of aliphatic hydroxyl groups excluding tert-OH is 1. The van der Waals surface area contributed by atoms with Gasteiger partial charge in [0, 0.05) is 37.0 Å². The third kappa shape index (κ3) is 6.22. The number of hydrogen-bond acceptors (Lipinski definition) is 8. The normalized spacial score (nSPS) is 19.5. The average molecular weight is 549 g/mol. The van der Waals surface area contributed by atoms with Gasteiger partial charge in [-0.15, -0.1) is 0 Å². The Hall–Kier alpha value is -3.71. The third-order valence-corrected chi connectivity index (χ3v) is 7.00. The Morgan fingerprint density at radius 3 is 2.55 bits per heavy atom. The van der Waals surface area contributed by atoms with Crippen molar-refractivity contribution in [2.45, 2.75) is 26.0 Å². The Kier molecular flexibility index (Phi) is 7.88. The van der Waals surface area contributed by atoms with Crippen molar-refractivity contribution in [3.05, 3.63) is 42.0 Å². The second kappa shape index (κ2) is 11.0. The summed E-state index contributed by atoms with van der Waals surface area (Å²) in [6, 6.07) is 8.70. The van der Waals surface area contributed by atoms with Crippen molar-refractivity contribution in [2.24, 2.45) is 5.92 Å². The second-order valence-corrected chi connectivity index (χ2v) is 11.3. The molecule has 2 heterocycles. The summed E-state index contributed by atoms with van der Waals surface area (Å²) in [6.07, 6.45) is 0.501. The fourth-order valence-electron chi connectivity index (χ4n) is 4.26. The summed E-state index contributed by atoms with van der Waals surface area (Å²) in [5.41, 5.74) is 0.913. The molecule has 3 N–H and O–H groups in total. The number of aliphatic hydroxyl groups is 1. The number of nitrogens with one attached hydrogen (secondary N) is 2. The predicted molar refractivity (Wildman–Crippen MR) is 140 cm³/mol. The maximum absolute atomic E-state index is 13.4. The smallest absolute Gasteiger partial charge is 0.321 e. The second-order valence-electron chi connectivity index (χ2n) is 9.59. The number of amides is 3. The maximum Gasteiger partial charge on any atom is 0.321 e. The molecular formula is C25H32N4O8S. The summed E-state index contributed by atoms with van der Waals surface area (Å²) < 4.78 is 42.8. The maximum atomic E-state index is 13.4. The van der Waals surface area contributed by atoms with Gasteiger partial charge in [-0.3, -0.25) is 9.52 Å². The molecule has 0 saturated carbocycles. The molecule has 2 aliphatic heterocycles. The van der Waals surface area contributed by atoms with Crippen LogP contribution < -0.4 is 24.2 Å². The highest BCUT2D eigenvalue weighted by Crippen LogP contribution is 2.34. The molecule has 206 valence electrons. The summed E-state index contributed by atoms with van der Waals surface area (Å²) in [4.78, 5) is 29.4. The van der Waals surface area contributed by atoms with Gasteiger partial charge < -0.3 is 34.4 Å². The lowest BCUT2D eigenvalue weighted by molar-refractivity contribution is 0.0371. The quantitative estimate of drug-likeness (QED) is 0.477. The molecule has 3 amide bonds. The van der Waals surface area contributed by atoms with Crippen molar-refractivity contribution in [1.82, 2.24) is 9.80 Å². The molecule has 38 heavy (non-hydrogen) atoms. The van der Waals surface area contributed by atoms with Crippen LogP contribution in [0, 0.1) is 5.92 Å². The Morgan fingerprint density at radius 2 is 1.84 bits per heavy atom. The van der Waals surface area contributed by atoms with Crippen LogP contribution in [0.1, 0.15) is 24.2 Å². The monoisotopic (exact) mass is 548 g/mol. The first kappa shape index (κ1) is 27.3. The van der Waals surface area contributed by atoms with E-state index in [9.17, 15) is 23.1 Å². The highest BCUT2D eigenvalue weighted by molar-refractivity contribution is 7.92. The Bertz CT molecular complexity index is 1320. The summed E-state index contributed by atoms with van der Waals surface area (Å²) in [6.45, 7) is 3.96. The zero-order chi connectivity index (χ0) is 27.6. The van der Waals surface area contributed by atoms with Gasteiger partial charge in [-0.25, -0.2) is 13.2 Å². The lowest BCUT2D eigenvalue weighted by atomic mass is 9.99. The van der Waals surface area contributed by atoms with E-state index in [0.717, 1.165) is 6.26 Å². The number of ether oxygens (including phenoxy) is 3. The first-order chi connectivity index (χ1) is 17.9. The van der Waals surface area contributed by atoms with Crippen LogP contribution in [0.15, 0.2) is 36.4 Å².